The summed E-state index contributed by atoms with van der Waals surface area (Å²) in [6.45, 7) is 6.23. The maximum absolute atomic E-state index is 6.08. The monoisotopic (exact) mass is 302 g/mol. The number of halogens is 1. The molecule has 1 aliphatic rings. The molecule has 1 aliphatic heterocycles. The van der Waals surface area contributed by atoms with Crippen molar-refractivity contribution in [3.63, 3.8) is 0 Å². The topological polar surface area (TPSA) is 18.5 Å². The van der Waals surface area contributed by atoms with Crippen LogP contribution in [0.2, 0.25) is 0 Å². The van der Waals surface area contributed by atoms with Crippen LogP contribution < -0.4 is 9.47 Å². The van der Waals surface area contributed by atoms with Gasteiger partial charge in [0.05, 0.1) is 5.88 Å². The van der Waals surface area contributed by atoms with Crippen molar-refractivity contribution in [1.82, 2.24) is 0 Å². The van der Waals surface area contributed by atoms with Gasteiger partial charge in [-0.1, -0.05) is 29.8 Å². The van der Waals surface area contributed by atoms with Crippen LogP contribution in [0.25, 0.3) is 0 Å². The van der Waals surface area contributed by atoms with Gasteiger partial charge in [-0.25, -0.2) is 0 Å². The van der Waals surface area contributed by atoms with Crippen LogP contribution in [0.3, 0.4) is 0 Å². The van der Waals surface area contributed by atoms with Crippen LogP contribution in [0.15, 0.2) is 36.4 Å². The van der Waals surface area contributed by atoms with E-state index in [0.717, 1.165) is 29.2 Å². The summed E-state index contributed by atoms with van der Waals surface area (Å²) in [4.78, 5) is 0. The van der Waals surface area contributed by atoms with Gasteiger partial charge >= 0.3 is 0 Å². The molecule has 3 heteroatoms. The fourth-order valence-corrected chi connectivity index (χ4v) is 2.91. The molecule has 0 saturated carbocycles. The first-order chi connectivity index (χ1) is 9.98. The molecule has 1 heterocycles. The lowest BCUT2D eigenvalue weighted by atomic mass is 10.0. The van der Waals surface area contributed by atoms with Gasteiger partial charge < -0.3 is 9.47 Å². The Labute approximate surface area is 130 Å². The molecule has 0 radical (unpaired) electrons. The average molecular weight is 303 g/mol. The number of fused-ring (bicyclic) bond motifs is 1. The molecule has 2 aromatic carbocycles. The van der Waals surface area contributed by atoms with E-state index < -0.39 is 0 Å². The molecule has 0 fully saturated rings. The van der Waals surface area contributed by atoms with Crippen LogP contribution in [-0.4, -0.2) is 5.60 Å². The van der Waals surface area contributed by atoms with Crippen LogP contribution in [0.4, 0.5) is 0 Å². The molecule has 0 N–H and O–H groups in total. The quantitative estimate of drug-likeness (QED) is 0.722. The molecule has 2 nitrogen and oxygen atoms in total. The van der Waals surface area contributed by atoms with Gasteiger partial charge in [0.2, 0.25) is 0 Å². The maximum Gasteiger partial charge on any atom is 0.169 e. The van der Waals surface area contributed by atoms with Crippen molar-refractivity contribution in [3.05, 3.63) is 53.1 Å². The molecule has 110 valence electrons. The van der Waals surface area contributed by atoms with Gasteiger partial charge in [0.15, 0.2) is 11.5 Å². The van der Waals surface area contributed by atoms with E-state index in [2.05, 4.69) is 26.0 Å². The molecule has 0 bridgehead atoms. The van der Waals surface area contributed by atoms with E-state index in [1.54, 1.807) is 0 Å². The van der Waals surface area contributed by atoms with E-state index in [9.17, 15) is 0 Å². The van der Waals surface area contributed by atoms with Crippen LogP contribution in [-0.2, 0) is 12.3 Å². The molecule has 0 aromatic heterocycles. The molecule has 2 aromatic rings. The summed E-state index contributed by atoms with van der Waals surface area (Å²) in [5.74, 6) is 2.83. The number of ether oxygens (including phenoxy) is 2. The summed E-state index contributed by atoms with van der Waals surface area (Å²) >= 11 is 6.02. The minimum absolute atomic E-state index is 0.176. The van der Waals surface area contributed by atoms with Gasteiger partial charge in [-0.2, -0.15) is 0 Å². The van der Waals surface area contributed by atoms with Gasteiger partial charge in [0.25, 0.3) is 0 Å². The minimum atomic E-state index is -0.176. The first-order valence-corrected chi connectivity index (χ1v) is 7.66. The Morgan fingerprint density at radius 3 is 2.76 bits per heavy atom. The minimum Gasteiger partial charge on any atom is -0.483 e. The summed E-state index contributed by atoms with van der Waals surface area (Å²) in [7, 11) is 0. The highest BCUT2D eigenvalue weighted by molar-refractivity contribution is 6.17. The second-order valence-corrected chi connectivity index (χ2v) is 6.40. The summed E-state index contributed by atoms with van der Waals surface area (Å²) in [5, 5.41) is 0. The Morgan fingerprint density at radius 2 is 2.00 bits per heavy atom. The second-order valence-electron chi connectivity index (χ2n) is 6.13. The zero-order valence-corrected chi connectivity index (χ0v) is 13.3. The summed E-state index contributed by atoms with van der Waals surface area (Å²) in [5.41, 5.74) is 3.18. The number of hydrogen-bond donors (Lipinski definition) is 0. The molecular weight excluding hydrogens is 284 g/mol. The molecular formula is C18H19ClO2. The zero-order valence-electron chi connectivity index (χ0n) is 12.6. The largest absolute Gasteiger partial charge is 0.483 e. The number of alkyl halides is 1. The fraction of sp³-hybridized carbons (Fsp3) is 0.333. The molecule has 0 aliphatic carbocycles. The van der Waals surface area contributed by atoms with Crippen molar-refractivity contribution in [2.24, 2.45) is 0 Å². The van der Waals surface area contributed by atoms with E-state index in [1.807, 2.05) is 31.2 Å². The first-order valence-electron chi connectivity index (χ1n) is 7.13. The number of aryl methyl sites for hydroxylation is 1. The van der Waals surface area contributed by atoms with Crippen molar-refractivity contribution in [2.45, 2.75) is 38.7 Å². The van der Waals surface area contributed by atoms with Crippen molar-refractivity contribution >= 4 is 11.6 Å². The van der Waals surface area contributed by atoms with Gasteiger partial charge in [0.1, 0.15) is 11.4 Å². The fourth-order valence-electron chi connectivity index (χ4n) is 2.70. The van der Waals surface area contributed by atoms with Crippen molar-refractivity contribution < 1.29 is 9.47 Å². The Balaban J connectivity index is 1.96. The zero-order chi connectivity index (χ0) is 15.0. The van der Waals surface area contributed by atoms with E-state index in [1.165, 1.54) is 11.1 Å². The Hall–Kier alpha value is -1.67. The molecule has 0 unspecified atom stereocenters. The lowest BCUT2D eigenvalue weighted by Gasteiger charge is -2.18. The van der Waals surface area contributed by atoms with E-state index in [0.29, 0.717) is 5.88 Å². The Morgan fingerprint density at radius 1 is 1.19 bits per heavy atom. The predicted octanol–water partition coefficient (Wildman–Crippen LogP) is 5.24. The van der Waals surface area contributed by atoms with Gasteiger partial charge in [-0.3, -0.25) is 0 Å². The van der Waals surface area contributed by atoms with Crippen molar-refractivity contribution in [2.75, 3.05) is 0 Å². The number of rotatable bonds is 3. The third kappa shape index (κ3) is 2.86. The number of benzene rings is 2. The van der Waals surface area contributed by atoms with E-state index in [-0.39, 0.29) is 5.60 Å². The number of hydrogen-bond acceptors (Lipinski definition) is 2. The highest BCUT2D eigenvalue weighted by Crippen LogP contribution is 2.43. The third-order valence-electron chi connectivity index (χ3n) is 3.63. The Kier molecular flexibility index (Phi) is 3.58. The van der Waals surface area contributed by atoms with E-state index in [4.69, 9.17) is 21.1 Å². The van der Waals surface area contributed by atoms with Gasteiger partial charge in [-0.15, -0.1) is 11.6 Å². The Bertz CT molecular complexity index is 677. The van der Waals surface area contributed by atoms with Gasteiger partial charge in [-0.05, 0) is 32.9 Å². The highest BCUT2D eigenvalue weighted by atomic mass is 35.5. The number of para-hydroxylation sites is 1. The molecule has 0 saturated heterocycles. The molecule has 0 amide bonds. The molecule has 3 rings (SSSR count). The standard InChI is InChI=1S/C18H19ClO2/c1-12-7-8-15(14(9-12)11-19)20-16-6-4-5-13-10-18(2,3)21-17(13)16/h4-9H,10-11H2,1-3H3. The second kappa shape index (κ2) is 5.27. The molecule has 0 spiro atoms. The maximum atomic E-state index is 6.08. The lowest BCUT2D eigenvalue weighted by molar-refractivity contribution is 0.135. The van der Waals surface area contributed by atoms with E-state index >= 15 is 0 Å². The summed E-state index contributed by atoms with van der Waals surface area (Å²) in [6.07, 6.45) is 0.899. The molecule has 0 atom stereocenters. The first kappa shape index (κ1) is 14.3. The highest BCUT2D eigenvalue weighted by Gasteiger charge is 2.32. The normalized spacial score (nSPS) is 15.4. The average Bonchev–Trinajstić information content (AvgIpc) is 2.75. The van der Waals surface area contributed by atoms with Crippen molar-refractivity contribution in [3.8, 4) is 17.2 Å². The SMILES string of the molecule is Cc1ccc(Oc2cccc3c2OC(C)(C)C3)c(CCl)c1. The van der Waals surface area contributed by atoms with Crippen LogP contribution in [0.1, 0.15) is 30.5 Å². The van der Waals surface area contributed by atoms with Crippen molar-refractivity contribution in [1.29, 1.82) is 0 Å². The van der Waals surface area contributed by atoms with Gasteiger partial charge in [0, 0.05) is 17.5 Å². The third-order valence-corrected chi connectivity index (χ3v) is 3.92. The predicted molar refractivity (Wildman–Crippen MR) is 85.7 cm³/mol. The molecule has 21 heavy (non-hydrogen) atoms. The van der Waals surface area contributed by atoms with Crippen LogP contribution in [0.5, 0.6) is 17.2 Å². The summed E-state index contributed by atoms with van der Waals surface area (Å²) in [6, 6.07) is 12.1. The van der Waals surface area contributed by atoms with Crippen LogP contribution >= 0.6 is 11.6 Å². The summed E-state index contributed by atoms with van der Waals surface area (Å²) < 4.78 is 12.1. The smallest absolute Gasteiger partial charge is 0.169 e. The van der Waals surface area contributed by atoms with Crippen LogP contribution in [0, 0.1) is 6.92 Å². The lowest BCUT2D eigenvalue weighted by Crippen LogP contribution is -2.24.